The Bertz CT molecular complexity index is 456. The molecule has 16 heavy (non-hydrogen) atoms. The maximum atomic E-state index is 5.56. The SMILES string of the molecule is Cc1nc(CNc2nnc(CCCl)o2)cs1. The molecule has 1 N–H and O–H groups in total. The number of aromatic nitrogens is 3. The van der Waals surface area contributed by atoms with Crippen molar-refractivity contribution >= 4 is 29.0 Å². The number of hydrogen-bond donors (Lipinski definition) is 1. The monoisotopic (exact) mass is 258 g/mol. The Morgan fingerprint density at radius 1 is 1.50 bits per heavy atom. The number of alkyl halides is 1. The van der Waals surface area contributed by atoms with Crippen molar-refractivity contribution in [2.45, 2.75) is 19.9 Å². The first-order valence-corrected chi connectivity index (χ1v) is 6.22. The minimum absolute atomic E-state index is 0.408. The van der Waals surface area contributed by atoms with Crippen LogP contribution in [-0.2, 0) is 13.0 Å². The van der Waals surface area contributed by atoms with Crippen molar-refractivity contribution < 1.29 is 4.42 Å². The molecular weight excluding hydrogens is 248 g/mol. The van der Waals surface area contributed by atoms with Gasteiger partial charge < -0.3 is 9.73 Å². The van der Waals surface area contributed by atoms with Gasteiger partial charge in [0.2, 0.25) is 5.89 Å². The standard InChI is InChI=1S/C9H11ClN4OS/c1-6-12-7(5-16-6)4-11-9-14-13-8(15-9)2-3-10/h5H,2-4H2,1H3,(H,11,14). The van der Waals surface area contributed by atoms with E-state index in [0.29, 0.717) is 30.8 Å². The molecule has 0 aliphatic carbocycles. The molecule has 0 amide bonds. The summed E-state index contributed by atoms with van der Waals surface area (Å²) >= 11 is 7.18. The van der Waals surface area contributed by atoms with Gasteiger partial charge in [-0.3, -0.25) is 0 Å². The summed E-state index contributed by atoms with van der Waals surface area (Å²) in [4.78, 5) is 4.31. The highest BCUT2D eigenvalue weighted by Gasteiger charge is 2.05. The highest BCUT2D eigenvalue weighted by molar-refractivity contribution is 7.09. The Hall–Kier alpha value is -1.14. The Kier molecular flexibility index (Phi) is 3.74. The van der Waals surface area contributed by atoms with Crippen molar-refractivity contribution in [3.05, 3.63) is 22.0 Å². The van der Waals surface area contributed by atoms with Crippen LogP contribution in [0.25, 0.3) is 0 Å². The fraction of sp³-hybridized carbons (Fsp3) is 0.444. The second-order valence-electron chi connectivity index (χ2n) is 3.15. The molecule has 2 heterocycles. The van der Waals surface area contributed by atoms with Gasteiger partial charge in [0, 0.05) is 17.7 Å². The van der Waals surface area contributed by atoms with Crippen molar-refractivity contribution in [2.24, 2.45) is 0 Å². The van der Waals surface area contributed by atoms with Crippen molar-refractivity contribution in [1.29, 1.82) is 0 Å². The summed E-state index contributed by atoms with van der Waals surface area (Å²) < 4.78 is 5.31. The van der Waals surface area contributed by atoms with E-state index in [1.54, 1.807) is 11.3 Å². The lowest BCUT2D eigenvalue weighted by molar-refractivity contribution is 0.512. The molecule has 0 aromatic carbocycles. The van der Waals surface area contributed by atoms with Crippen LogP contribution in [0.2, 0.25) is 0 Å². The second-order valence-corrected chi connectivity index (χ2v) is 4.59. The third kappa shape index (κ3) is 2.93. The van der Waals surface area contributed by atoms with Crippen LogP contribution in [0.15, 0.2) is 9.80 Å². The molecule has 0 fully saturated rings. The number of nitrogens with zero attached hydrogens (tertiary/aromatic N) is 3. The Labute approximate surface area is 102 Å². The predicted molar refractivity (Wildman–Crippen MR) is 62.9 cm³/mol. The summed E-state index contributed by atoms with van der Waals surface area (Å²) in [6.07, 6.45) is 0.589. The van der Waals surface area contributed by atoms with Gasteiger partial charge in [-0.15, -0.1) is 28.0 Å². The molecule has 0 unspecified atom stereocenters. The zero-order chi connectivity index (χ0) is 11.4. The van der Waals surface area contributed by atoms with Gasteiger partial charge in [-0.05, 0) is 6.92 Å². The zero-order valence-electron chi connectivity index (χ0n) is 8.73. The number of nitrogens with one attached hydrogen (secondary N) is 1. The van der Waals surface area contributed by atoms with Gasteiger partial charge in [0.25, 0.3) is 0 Å². The normalized spacial score (nSPS) is 10.6. The largest absolute Gasteiger partial charge is 0.408 e. The lowest BCUT2D eigenvalue weighted by Gasteiger charge is -1.96. The van der Waals surface area contributed by atoms with Crippen LogP contribution in [-0.4, -0.2) is 21.1 Å². The summed E-state index contributed by atoms with van der Waals surface area (Å²) in [5.41, 5.74) is 0.972. The predicted octanol–water partition coefficient (Wildman–Crippen LogP) is 2.23. The van der Waals surface area contributed by atoms with Crippen molar-refractivity contribution in [3.63, 3.8) is 0 Å². The Morgan fingerprint density at radius 3 is 3.06 bits per heavy atom. The highest BCUT2D eigenvalue weighted by atomic mass is 35.5. The summed E-state index contributed by atoms with van der Waals surface area (Å²) in [5.74, 6) is 1.03. The van der Waals surface area contributed by atoms with Crippen molar-refractivity contribution in [2.75, 3.05) is 11.2 Å². The lowest BCUT2D eigenvalue weighted by atomic mass is 10.5. The quantitative estimate of drug-likeness (QED) is 0.834. The molecule has 86 valence electrons. The fourth-order valence-electron chi connectivity index (χ4n) is 1.16. The van der Waals surface area contributed by atoms with E-state index in [0.717, 1.165) is 10.7 Å². The van der Waals surface area contributed by atoms with Crippen LogP contribution in [0.1, 0.15) is 16.6 Å². The molecule has 2 aromatic rings. The van der Waals surface area contributed by atoms with Gasteiger partial charge in [0.05, 0.1) is 17.2 Å². The summed E-state index contributed by atoms with van der Waals surface area (Å²) in [7, 11) is 0. The molecule has 0 aliphatic heterocycles. The third-order valence-electron chi connectivity index (χ3n) is 1.86. The molecule has 7 heteroatoms. The molecule has 0 radical (unpaired) electrons. The number of hydrogen-bond acceptors (Lipinski definition) is 6. The van der Waals surface area contributed by atoms with E-state index in [2.05, 4.69) is 20.5 Å². The van der Waals surface area contributed by atoms with E-state index in [4.69, 9.17) is 16.0 Å². The van der Waals surface area contributed by atoms with E-state index >= 15 is 0 Å². The fourth-order valence-corrected chi connectivity index (χ4v) is 1.94. The first-order valence-electron chi connectivity index (χ1n) is 4.81. The number of anilines is 1. The second kappa shape index (κ2) is 5.27. The van der Waals surface area contributed by atoms with E-state index in [1.807, 2.05) is 12.3 Å². The van der Waals surface area contributed by atoms with Crippen LogP contribution in [0.4, 0.5) is 6.01 Å². The molecule has 5 nitrogen and oxygen atoms in total. The highest BCUT2D eigenvalue weighted by Crippen LogP contribution is 2.11. The van der Waals surface area contributed by atoms with E-state index in [9.17, 15) is 0 Å². The smallest absolute Gasteiger partial charge is 0.315 e. The Morgan fingerprint density at radius 2 is 2.38 bits per heavy atom. The zero-order valence-corrected chi connectivity index (χ0v) is 10.3. The summed E-state index contributed by atoms with van der Waals surface area (Å²) in [6.45, 7) is 2.56. The summed E-state index contributed by atoms with van der Waals surface area (Å²) in [6, 6.07) is 0.408. The van der Waals surface area contributed by atoms with Crippen LogP contribution in [0.3, 0.4) is 0 Å². The van der Waals surface area contributed by atoms with E-state index in [1.165, 1.54) is 0 Å². The van der Waals surface area contributed by atoms with E-state index < -0.39 is 0 Å². The van der Waals surface area contributed by atoms with Crippen molar-refractivity contribution in [1.82, 2.24) is 15.2 Å². The van der Waals surface area contributed by atoms with Crippen molar-refractivity contribution in [3.8, 4) is 0 Å². The lowest BCUT2D eigenvalue weighted by Crippen LogP contribution is -1.99. The number of rotatable bonds is 5. The number of thiazole rings is 1. The first kappa shape index (κ1) is 11.3. The molecule has 0 bridgehead atoms. The van der Waals surface area contributed by atoms with Gasteiger partial charge >= 0.3 is 6.01 Å². The van der Waals surface area contributed by atoms with Crippen LogP contribution >= 0.6 is 22.9 Å². The molecule has 0 saturated carbocycles. The molecule has 0 atom stereocenters. The van der Waals surface area contributed by atoms with Gasteiger partial charge in [-0.2, -0.15) is 0 Å². The van der Waals surface area contributed by atoms with Crippen LogP contribution in [0, 0.1) is 6.92 Å². The Balaban J connectivity index is 1.89. The van der Waals surface area contributed by atoms with Crippen LogP contribution < -0.4 is 5.32 Å². The molecule has 0 saturated heterocycles. The van der Waals surface area contributed by atoms with Gasteiger partial charge in [-0.1, -0.05) is 5.10 Å². The van der Waals surface area contributed by atoms with Gasteiger partial charge in [0.1, 0.15) is 0 Å². The first-order chi connectivity index (χ1) is 7.78. The molecular formula is C9H11ClN4OS. The molecule has 2 aromatic heterocycles. The van der Waals surface area contributed by atoms with E-state index in [-0.39, 0.29) is 0 Å². The van der Waals surface area contributed by atoms with Gasteiger partial charge in [-0.25, -0.2) is 4.98 Å². The maximum absolute atomic E-state index is 5.56. The number of aryl methyl sites for hydroxylation is 2. The maximum Gasteiger partial charge on any atom is 0.315 e. The summed E-state index contributed by atoms with van der Waals surface area (Å²) in [5, 5.41) is 13.7. The topological polar surface area (TPSA) is 63.8 Å². The average Bonchev–Trinajstić information content (AvgIpc) is 2.85. The molecule has 0 spiro atoms. The van der Waals surface area contributed by atoms with Gasteiger partial charge in [0.15, 0.2) is 0 Å². The number of halogens is 1. The minimum Gasteiger partial charge on any atom is -0.408 e. The molecule has 0 aliphatic rings. The minimum atomic E-state index is 0.408. The van der Waals surface area contributed by atoms with Crippen LogP contribution in [0.5, 0.6) is 0 Å². The third-order valence-corrected chi connectivity index (χ3v) is 2.87. The average molecular weight is 259 g/mol. The molecule has 2 rings (SSSR count).